The van der Waals surface area contributed by atoms with Crippen LogP contribution in [0.15, 0.2) is 71.6 Å². The predicted molar refractivity (Wildman–Crippen MR) is 123 cm³/mol. The van der Waals surface area contributed by atoms with E-state index in [2.05, 4.69) is 0 Å². The number of thiophene rings is 1. The molecule has 0 spiro atoms. The topological polar surface area (TPSA) is 76.1 Å². The molecule has 1 atom stereocenters. The van der Waals surface area contributed by atoms with Crippen LogP contribution in [-0.2, 0) is 16.1 Å². The smallest absolute Gasteiger partial charge is 0.295 e. The molecule has 1 N–H and O–H groups in total. The lowest BCUT2D eigenvalue weighted by Gasteiger charge is -2.25. The number of methoxy groups -OCH3 is 1. The molecule has 0 aliphatic carbocycles. The fraction of sp³-hybridized carbons (Fsp3) is 0.200. The predicted octanol–water partition coefficient (Wildman–Crippen LogP) is 4.78. The van der Waals surface area contributed by atoms with Crippen LogP contribution in [0.25, 0.3) is 5.76 Å². The van der Waals surface area contributed by atoms with Gasteiger partial charge in [0.1, 0.15) is 17.3 Å². The van der Waals surface area contributed by atoms with Crippen LogP contribution in [0.3, 0.4) is 0 Å². The van der Waals surface area contributed by atoms with Crippen LogP contribution in [0.4, 0.5) is 0 Å². The van der Waals surface area contributed by atoms with Crippen molar-refractivity contribution in [3.63, 3.8) is 0 Å². The van der Waals surface area contributed by atoms with Crippen molar-refractivity contribution >= 4 is 28.8 Å². The van der Waals surface area contributed by atoms with Gasteiger partial charge in [-0.1, -0.05) is 18.2 Å². The summed E-state index contributed by atoms with van der Waals surface area (Å²) >= 11 is 1.51. The Hall–Kier alpha value is -3.58. The van der Waals surface area contributed by atoms with E-state index in [9.17, 15) is 14.7 Å². The molecule has 6 nitrogen and oxygen atoms in total. The lowest BCUT2D eigenvalue weighted by Crippen LogP contribution is -2.28. The summed E-state index contributed by atoms with van der Waals surface area (Å²) < 4.78 is 10.7. The van der Waals surface area contributed by atoms with Crippen LogP contribution >= 0.6 is 11.3 Å². The van der Waals surface area contributed by atoms with Crippen LogP contribution in [0.2, 0.25) is 0 Å². The van der Waals surface area contributed by atoms with E-state index in [0.717, 1.165) is 4.88 Å². The standard InChI is InChI=1S/C25H23NO5S/c1-3-31-19-12-8-17(9-13-19)23(27)21-22(16-6-10-18(30-2)11-7-16)26(25(29)24(21)28)15-20-5-4-14-32-20/h4-14,22,27H,3,15H2,1-2H3/b23-21-. The zero-order valence-electron chi connectivity index (χ0n) is 17.8. The van der Waals surface area contributed by atoms with Gasteiger partial charge in [0.2, 0.25) is 0 Å². The summed E-state index contributed by atoms with van der Waals surface area (Å²) in [6, 6.07) is 17.1. The number of carbonyl (C=O) groups is 2. The summed E-state index contributed by atoms with van der Waals surface area (Å²) in [6.45, 7) is 2.69. The second-order valence-corrected chi connectivity index (χ2v) is 8.27. The Kier molecular flexibility index (Phi) is 6.28. The molecule has 1 fully saturated rings. The van der Waals surface area contributed by atoms with Gasteiger partial charge in [0.05, 0.1) is 31.9 Å². The maximum Gasteiger partial charge on any atom is 0.295 e. The highest BCUT2D eigenvalue weighted by Crippen LogP contribution is 2.41. The number of amides is 1. The molecular formula is C25H23NO5S. The molecule has 2 heterocycles. The SMILES string of the molecule is CCOc1ccc(/C(O)=C2/C(=O)C(=O)N(Cc3cccs3)C2c2ccc(OC)cc2)cc1. The third-order valence-electron chi connectivity index (χ3n) is 5.32. The zero-order valence-corrected chi connectivity index (χ0v) is 18.6. The Morgan fingerprint density at radius 2 is 1.72 bits per heavy atom. The fourth-order valence-corrected chi connectivity index (χ4v) is 4.48. The Labute approximate surface area is 190 Å². The van der Waals surface area contributed by atoms with Gasteiger partial charge in [0.15, 0.2) is 0 Å². The molecule has 0 saturated carbocycles. The average Bonchev–Trinajstić information content (AvgIpc) is 3.42. The Balaban J connectivity index is 1.80. The number of aliphatic hydroxyl groups is 1. The van der Waals surface area contributed by atoms with Crippen LogP contribution in [0, 0.1) is 0 Å². The minimum atomic E-state index is -0.713. The molecule has 1 aliphatic heterocycles. The highest BCUT2D eigenvalue weighted by Gasteiger charge is 2.46. The molecule has 1 aliphatic rings. The first-order valence-corrected chi connectivity index (χ1v) is 11.1. The lowest BCUT2D eigenvalue weighted by molar-refractivity contribution is -0.140. The molecule has 1 aromatic heterocycles. The number of hydrogen-bond donors (Lipinski definition) is 1. The van der Waals surface area contributed by atoms with Gasteiger partial charge in [-0.05, 0) is 60.3 Å². The van der Waals surface area contributed by atoms with E-state index in [-0.39, 0.29) is 17.9 Å². The number of carbonyl (C=O) groups excluding carboxylic acids is 2. The van der Waals surface area contributed by atoms with Crippen molar-refractivity contribution in [3.05, 3.63) is 87.6 Å². The quantitative estimate of drug-likeness (QED) is 0.319. The Morgan fingerprint density at radius 1 is 1.03 bits per heavy atom. The molecule has 4 rings (SSSR count). The average molecular weight is 450 g/mol. The largest absolute Gasteiger partial charge is 0.507 e. The summed E-state index contributed by atoms with van der Waals surface area (Å²) in [7, 11) is 1.57. The zero-order chi connectivity index (χ0) is 22.7. The summed E-state index contributed by atoms with van der Waals surface area (Å²) in [5.41, 5.74) is 1.23. The van der Waals surface area contributed by atoms with Crippen molar-refractivity contribution in [1.29, 1.82) is 0 Å². The van der Waals surface area contributed by atoms with Crippen LogP contribution in [-0.4, -0.2) is 35.4 Å². The van der Waals surface area contributed by atoms with Crippen molar-refractivity contribution < 1.29 is 24.2 Å². The molecule has 164 valence electrons. The van der Waals surface area contributed by atoms with Crippen LogP contribution in [0.5, 0.6) is 11.5 Å². The minimum Gasteiger partial charge on any atom is -0.507 e. The van der Waals surface area contributed by atoms with Crippen molar-refractivity contribution in [2.45, 2.75) is 19.5 Å². The number of ketones is 1. The number of hydrogen-bond acceptors (Lipinski definition) is 6. The third kappa shape index (κ3) is 4.11. The number of ether oxygens (including phenoxy) is 2. The Bertz CT molecular complexity index is 1130. The van der Waals surface area contributed by atoms with Crippen molar-refractivity contribution in [1.82, 2.24) is 4.90 Å². The first kappa shape index (κ1) is 21.6. The van der Waals surface area contributed by atoms with Crippen LogP contribution in [0.1, 0.15) is 29.0 Å². The molecule has 1 amide bonds. The summed E-state index contributed by atoms with van der Waals surface area (Å²) in [4.78, 5) is 28.6. The van der Waals surface area contributed by atoms with Gasteiger partial charge in [0.25, 0.3) is 11.7 Å². The number of benzene rings is 2. The van der Waals surface area contributed by atoms with Crippen LogP contribution < -0.4 is 9.47 Å². The summed E-state index contributed by atoms with van der Waals surface area (Å²) in [5, 5.41) is 13.0. The number of Topliss-reactive ketones (excluding diaryl/α,β-unsaturated/α-hetero) is 1. The maximum atomic E-state index is 13.1. The normalized spacial score (nSPS) is 17.6. The number of rotatable bonds is 7. The number of aliphatic hydroxyl groups excluding tert-OH is 1. The molecule has 3 aromatic rings. The molecule has 32 heavy (non-hydrogen) atoms. The monoisotopic (exact) mass is 449 g/mol. The van der Waals surface area contributed by atoms with Crippen molar-refractivity contribution in [3.8, 4) is 11.5 Å². The van der Waals surface area contributed by atoms with E-state index < -0.39 is 17.7 Å². The maximum absolute atomic E-state index is 13.1. The summed E-state index contributed by atoms with van der Waals surface area (Å²) in [6.07, 6.45) is 0. The van der Waals surface area contributed by atoms with E-state index in [1.165, 1.54) is 16.2 Å². The highest BCUT2D eigenvalue weighted by atomic mass is 32.1. The van der Waals surface area contributed by atoms with Gasteiger partial charge >= 0.3 is 0 Å². The van der Waals surface area contributed by atoms with E-state index in [4.69, 9.17) is 9.47 Å². The number of nitrogens with zero attached hydrogens (tertiary/aromatic N) is 1. The highest BCUT2D eigenvalue weighted by molar-refractivity contribution is 7.09. The van der Waals surface area contributed by atoms with E-state index in [0.29, 0.717) is 29.2 Å². The van der Waals surface area contributed by atoms with E-state index in [1.807, 2.05) is 36.6 Å². The van der Waals surface area contributed by atoms with Crippen molar-refractivity contribution in [2.24, 2.45) is 0 Å². The first-order valence-electron chi connectivity index (χ1n) is 10.2. The molecule has 1 saturated heterocycles. The van der Waals surface area contributed by atoms with Gasteiger partial charge in [-0.15, -0.1) is 11.3 Å². The van der Waals surface area contributed by atoms with Gasteiger partial charge in [0, 0.05) is 10.4 Å². The molecule has 7 heteroatoms. The van der Waals surface area contributed by atoms with Gasteiger partial charge < -0.3 is 19.5 Å². The van der Waals surface area contributed by atoms with Gasteiger partial charge in [-0.25, -0.2) is 0 Å². The van der Waals surface area contributed by atoms with E-state index in [1.54, 1.807) is 43.5 Å². The molecule has 0 radical (unpaired) electrons. The van der Waals surface area contributed by atoms with Crippen molar-refractivity contribution in [2.75, 3.05) is 13.7 Å². The third-order valence-corrected chi connectivity index (χ3v) is 6.18. The molecular weight excluding hydrogens is 426 g/mol. The fourth-order valence-electron chi connectivity index (χ4n) is 3.78. The Morgan fingerprint density at radius 3 is 2.31 bits per heavy atom. The summed E-state index contributed by atoms with van der Waals surface area (Å²) in [5.74, 6) is -0.217. The van der Waals surface area contributed by atoms with E-state index >= 15 is 0 Å². The second-order valence-electron chi connectivity index (χ2n) is 7.24. The van der Waals surface area contributed by atoms with Gasteiger partial charge in [-0.3, -0.25) is 9.59 Å². The molecule has 2 aromatic carbocycles. The first-order chi connectivity index (χ1) is 15.5. The number of likely N-dealkylation sites (tertiary alicyclic amines) is 1. The van der Waals surface area contributed by atoms with Gasteiger partial charge in [-0.2, -0.15) is 0 Å². The second kappa shape index (κ2) is 9.28. The molecule has 1 unspecified atom stereocenters. The minimum absolute atomic E-state index is 0.0703. The lowest BCUT2D eigenvalue weighted by atomic mass is 9.95. The molecule has 0 bridgehead atoms.